The van der Waals surface area contributed by atoms with Crippen molar-refractivity contribution in [2.45, 2.75) is 4.90 Å². The highest BCUT2D eigenvalue weighted by molar-refractivity contribution is 8.00. The van der Waals surface area contributed by atoms with E-state index in [1.165, 1.54) is 11.8 Å². The number of hydrogen-bond donors (Lipinski definition) is 1. The number of ketones is 1. The molecule has 0 fully saturated rings. The van der Waals surface area contributed by atoms with E-state index in [9.17, 15) is 9.59 Å². The third-order valence-electron chi connectivity index (χ3n) is 3.64. The van der Waals surface area contributed by atoms with Crippen molar-refractivity contribution in [3.05, 3.63) is 95.0 Å². The van der Waals surface area contributed by atoms with Crippen LogP contribution in [0.5, 0.6) is 0 Å². The Hall–Kier alpha value is -2.56. The van der Waals surface area contributed by atoms with Crippen LogP contribution in [0.2, 0.25) is 5.02 Å². The maximum atomic E-state index is 12.3. The van der Waals surface area contributed by atoms with Gasteiger partial charge in [0.15, 0.2) is 5.78 Å². The summed E-state index contributed by atoms with van der Waals surface area (Å²) in [5, 5.41) is 3.36. The van der Waals surface area contributed by atoms with Crippen molar-refractivity contribution in [2.75, 3.05) is 11.1 Å². The van der Waals surface area contributed by atoms with Crippen LogP contribution in [0.3, 0.4) is 0 Å². The SMILES string of the molecule is O=C(CSc1cccc(NC(=O)c2cccc(Cl)c2)c1)c1ccccc1. The number of benzene rings is 3. The quantitative estimate of drug-likeness (QED) is 0.448. The van der Waals surface area contributed by atoms with Gasteiger partial charge < -0.3 is 5.32 Å². The average molecular weight is 382 g/mol. The van der Waals surface area contributed by atoms with E-state index < -0.39 is 0 Å². The Morgan fingerprint density at radius 1 is 0.846 bits per heavy atom. The van der Waals surface area contributed by atoms with Crippen LogP contribution < -0.4 is 5.32 Å². The van der Waals surface area contributed by atoms with Gasteiger partial charge in [-0.1, -0.05) is 54.1 Å². The molecule has 0 aliphatic heterocycles. The van der Waals surface area contributed by atoms with Crippen molar-refractivity contribution in [1.29, 1.82) is 0 Å². The number of nitrogens with one attached hydrogen (secondary N) is 1. The van der Waals surface area contributed by atoms with Gasteiger partial charge in [-0.05, 0) is 36.4 Å². The second-order valence-electron chi connectivity index (χ2n) is 5.57. The summed E-state index contributed by atoms with van der Waals surface area (Å²) in [5.74, 6) is 0.189. The summed E-state index contributed by atoms with van der Waals surface area (Å²) in [6, 6.07) is 23.4. The van der Waals surface area contributed by atoms with Crippen molar-refractivity contribution in [1.82, 2.24) is 0 Å². The summed E-state index contributed by atoms with van der Waals surface area (Å²) in [4.78, 5) is 25.4. The molecule has 0 bridgehead atoms. The Bertz CT molecular complexity index is 928. The molecule has 0 saturated carbocycles. The number of anilines is 1. The fourth-order valence-corrected chi connectivity index (χ4v) is 3.39. The molecule has 0 unspecified atom stereocenters. The lowest BCUT2D eigenvalue weighted by atomic mass is 10.2. The number of amides is 1. The molecule has 1 N–H and O–H groups in total. The monoisotopic (exact) mass is 381 g/mol. The van der Waals surface area contributed by atoms with Crippen LogP contribution in [0.25, 0.3) is 0 Å². The third-order valence-corrected chi connectivity index (χ3v) is 4.87. The number of carbonyl (C=O) groups is 2. The standard InChI is InChI=1S/C21H16ClNO2S/c22-17-9-4-8-16(12-17)21(25)23-18-10-5-11-19(13-18)26-14-20(24)15-6-2-1-3-7-15/h1-13H,14H2,(H,23,25). The smallest absolute Gasteiger partial charge is 0.255 e. The number of halogens is 1. The minimum Gasteiger partial charge on any atom is -0.322 e. The van der Waals surface area contributed by atoms with E-state index in [0.29, 0.717) is 27.6 Å². The summed E-state index contributed by atoms with van der Waals surface area (Å²) in [7, 11) is 0. The van der Waals surface area contributed by atoms with Gasteiger partial charge in [0, 0.05) is 26.7 Å². The lowest BCUT2D eigenvalue weighted by Gasteiger charge is -2.08. The lowest BCUT2D eigenvalue weighted by molar-refractivity contribution is 0.101. The van der Waals surface area contributed by atoms with Crippen molar-refractivity contribution < 1.29 is 9.59 Å². The topological polar surface area (TPSA) is 46.2 Å². The van der Waals surface area contributed by atoms with E-state index >= 15 is 0 Å². The first kappa shape index (κ1) is 18.2. The number of rotatable bonds is 6. The Morgan fingerprint density at radius 2 is 1.58 bits per heavy atom. The molecule has 0 spiro atoms. The highest BCUT2D eigenvalue weighted by Gasteiger charge is 2.09. The summed E-state index contributed by atoms with van der Waals surface area (Å²) in [6.45, 7) is 0. The molecule has 0 saturated heterocycles. The zero-order chi connectivity index (χ0) is 18.4. The minimum absolute atomic E-state index is 0.0731. The molecule has 5 heteroatoms. The lowest BCUT2D eigenvalue weighted by Crippen LogP contribution is -2.11. The summed E-state index contributed by atoms with van der Waals surface area (Å²) in [5.41, 5.74) is 1.87. The van der Waals surface area contributed by atoms with Crippen molar-refractivity contribution in [3.63, 3.8) is 0 Å². The molecule has 26 heavy (non-hydrogen) atoms. The zero-order valence-electron chi connectivity index (χ0n) is 13.8. The van der Waals surface area contributed by atoms with Crippen LogP contribution >= 0.6 is 23.4 Å². The van der Waals surface area contributed by atoms with Gasteiger partial charge in [-0.15, -0.1) is 11.8 Å². The van der Waals surface area contributed by atoms with Crippen LogP contribution in [-0.2, 0) is 0 Å². The van der Waals surface area contributed by atoms with E-state index in [4.69, 9.17) is 11.6 Å². The first-order valence-corrected chi connectivity index (χ1v) is 9.36. The molecule has 0 heterocycles. The molecule has 130 valence electrons. The second kappa shape index (κ2) is 8.70. The third kappa shape index (κ3) is 4.97. The fourth-order valence-electron chi connectivity index (χ4n) is 2.35. The largest absolute Gasteiger partial charge is 0.322 e. The Morgan fingerprint density at radius 3 is 2.35 bits per heavy atom. The molecule has 0 aliphatic rings. The molecule has 0 aromatic heterocycles. The summed E-state index contributed by atoms with van der Waals surface area (Å²) < 4.78 is 0. The molecular weight excluding hydrogens is 366 g/mol. The van der Waals surface area contributed by atoms with Crippen LogP contribution in [0, 0.1) is 0 Å². The molecule has 3 rings (SSSR count). The van der Waals surface area contributed by atoms with Gasteiger partial charge >= 0.3 is 0 Å². The molecule has 3 nitrogen and oxygen atoms in total. The second-order valence-corrected chi connectivity index (χ2v) is 7.06. The van der Waals surface area contributed by atoms with Crippen molar-refractivity contribution >= 4 is 40.7 Å². The van der Waals surface area contributed by atoms with Gasteiger partial charge in [0.05, 0.1) is 5.75 Å². The van der Waals surface area contributed by atoms with E-state index in [1.54, 1.807) is 24.3 Å². The van der Waals surface area contributed by atoms with E-state index in [1.807, 2.05) is 54.6 Å². The molecule has 1 amide bonds. The maximum Gasteiger partial charge on any atom is 0.255 e. The predicted octanol–water partition coefficient (Wildman–Crippen LogP) is 5.57. The van der Waals surface area contributed by atoms with Crippen LogP contribution in [0.15, 0.2) is 83.8 Å². The molecule has 3 aromatic rings. The van der Waals surface area contributed by atoms with Crippen molar-refractivity contribution in [2.24, 2.45) is 0 Å². The summed E-state index contributed by atoms with van der Waals surface area (Å²) >= 11 is 7.36. The van der Waals surface area contributed by atoms with E-state index in [0.717, 1.165) is 4.90 Å². The minimum atomic E-state index is -0.227. The van der Waals surface area contributed by atoms with Crippen LogP contribution in [0.1, 0.15) is 20.7 Å². The maximum absolute atomic E-state index is 12.3. The number of Topliss-reactive ketones (excluding diaryl/α,β-unsaturated/α-hetero) is 1. The Balaban J connectivity index is 1.63. The molecule has 0 radical (unpaired) electrons. The zero-order valence-corrected chi connectivity index (χ0v) is 15.4. The van der Waals surface area contributed by atoms with Gasteiger partial charge in [-0.3, -0.25) is 9.59 Å². The van der Waals surface area contributed by atoms with Gasteiger partial charge in [0.1, 0.15) is 0 Å². The van der Waals surface area contributed by atoms with Gasteiger partial charge in [-0.25, -0.2) is 0 Å². The highest BCUT2D eigenvalue weighted by atomic mass is 35.5. The van der Waals surface area contributed by atoms with Gasteiger partial charge in [0.2, 0.25) is 0 Å². The first-order chi connectivity index (χ1) is 12.6. The summed E-state index contributed by atoms with van der Waals surface area (Å²) in [6.07, 6.45) is 0. The molecule has 3 aromatic carbocycles. The first-order valence-electron chi connectivity index (χ1n) is 8.00. The average Bonchev–Trinajstić information content (AvgIpc) is 2.67. The van der Waals surface area contributed by atoms with Gasteiger partial charge in [0.25, 0.3) is 5.91 Å². The highest BCUT2D eigenvalue weighted by Crippen LogP contribution is 2.23. The van der Waals surface area contributed by atoms with Crippen molar-refractivity contribution in [3.8, 4) is 0 Å². The number of thioether (sulfide) groups is 1. The number of hydrogen-bond acceptors (Lipinski definition) is 3. The van der Waals surface area contributed by atoms with E-state index in [2.05, 4.69) is 5.32 Å². The Kier molecular flexibility index (Phi) is 6.10. The Labute approximate surface area is 161 Å². The van der Waals surface area contributed by atoms with E-state index in [-0.39, 0.29) is 11.7 Å². The number of carbonyl (C=O) groups excluding carboxylic acids is 2. The van der Waals surface area contributed by atoms with Gasteiger partial charge in [-0.2, -0.15) is 0 Å². The van der Waals surface area contributed by atoms with Crippen LogP contribution in [0.4, 0.5) is 5.69 Å². The molecular formula is C21H16ClNO2S. The fraction of sp³-hybridized carbons (Fsp3) is 0.0476. The van der Waals surface area contributed by atoms with Crippen LogP contribution in [-0.4, -0.2) is 17.4 Å². The molecule has 0 aliphatic carbocycles. The molecule has 0 atom stereocenters. The normalized spacial score (nSPS) is 10.3. The predicted molar refractivity (Wildman–Crippen MR) is 107 cm³/mol.